The zero-order valence-electron chi connectivity index (χ0n) is 17.5. The molecule has 2 bridgehead atoms. The molecule has 0 radical (unpaired) electrons. The summed E-state index contributed by atoms with van der Waals surface area (Å²) < 4.78 is 17.5. The number of methoxy groups -OCH3 is 2. The number of carbonyl (C=O) groups is 1. The molecular weight excluding hydrogens is 360 g/mol. The lowest BCUT2D eigenvalue weighted by molar-refractivity contribution is -0.149. The van der Waals surface area contributed by atoms with Gasteiger partial charge in [0.25, 0.3) is 0 Å². The van der Waals surface area contributed by atoms with Gasteiger partial charge in [0.2, 0.25) is 0 Å². The molecule has 4 atom stereocenters. The molecular formula is C22H30O6. The third-order valence-corrected chi connectivity index (χ3v) is 7.24. The van der Waals surface area contributed by atoms with Crippen LogP contribution in [0.15, 0.2) is 0 Å². The Morgan fingerprint density at radius 3 is 2.39 bits per heavy atom. The predicted octanol–water partition coefficient (Wildman–Crippen LogP) is 3.92. The Labute approximate surface area is 165 Å². The highest BCUT2D eigenvalue weighted by Crippen LogP contribution is 2.68. The normalized spacial score (nSPS) is 32.7. The minimum atomic E-state index is -0.985. The van der Waals surface area contributed by atoms with Crippen molar-refractivity contribution >= 4 is 5.97 Å². The molecule has 1 heterocycles. The molecule has 1 aliphatic heterocycles. The van der Waals surface area contributed by atoms with Gasteiger partial charge in [-0.25, -0.2) is 0 Å². The summed E-state index contributed by atoms with van der Waals surface area (Å²) >= 11 is 0. The zero-order valence-corrected chi connectivity index (χ0v) is 17.5. The highest BCUT2D eigenvalue weighted by atomic mass is 16.6. The number of esters is 1. The molecule has 1 saturated heterocycles. The third-order valence-electron chi connectivity index (χ3n) is 7.24. The van der Waals surface area contributed by atoms with E-state index < -0.39 is 17.6 Å². The molecule has 4 rings (SSSR count). The molecule has 1 aromatic rings. The van der Waals surface area contributed by atoms with Crippen molar-refractivity contribution in [2.24, 2.45) is 11.3 Å². The molecule has 0 spiro atoms. The first-order chi connectivity index (χ1) is 13.1. The van der Waals surface area contributed by atoms with Crippen LogP contribution in [0.3, 0.4) is 0 Å². The van der Waals surface area contributed by atoms with Gasteiger partial charge in [0.1, 0.15) is 23.4 Å². The zero-order chi connectivity index (χ0) is 20.6. The summed E-state index contributed by atoms with van der Waals surface area (Å²) in [6.45, 7) is 8.15. The molecule has 0 unspecified atom stereocenters. The van der Waals surface area contributed by atoms with Crippen molar-refractivity contribution in [3.63, 3.8) is 0 Å². The second kappa shape index (κ2) is 6.02. The summed E-state index contributed by atoms with van der Waals surface area (Å²) in [4.78, 5) is 13.3. The van der Waals surface area contributed by atoms with E-state index in [4.69, 9.17) is 14.2 Å². The number of aromatic hydroxyl groups is 2. The fourth-order valence-electron chi connectivity index (χ4n) is 6.31. The van der Waals surface area contributed by atoms with E-state index in [1.807, 2.05) is 13.8 Å². The molecule has 6 heteroatoms. The lowest BCUT2D eigenvalue weighted by Gasteiger charge is -2.52. The van der Waals surface area contributed by atoms with Gasteiger partial charge in [-0.05, 0) is 24.2 Å². The molecule has 0 amide bonds. The monoisotopic (exact) mass is 390 g/mol. The highest BCUT2D eigenvalue weighted by Gasteiger charge is 2.71. The average molecular weight is 390 g/mol. The quantitative estimate of drug-likeness (QED) is 0.601. The van der Waals surface area contributed by atoms with Crippen LogP contribution in [0.1, 0.15) is 75.7 Å². The third kappa shape index (κ3) is 2.10. The highest BCUT2D eigenvalue weighted by molar-refractivity contribution is 5.91. The van der Waals surface area contributed by atoms with Crippen LogP contribution in [0.2, 0.25) is 0 Å². The number of fused-ring (bicyclic) bond motifs is 1. The van der Waals surface area contributed by atoms with Crippen LogP contribution in [0.25, 0.3) is 0 Å². The van der Waals surface area contributed by atoms with Gasteiger partial charge in [0.15, 0.2) is 11.5 Å². The van der Waals surface area contributed by atoms with E-state index in [9.17, 15) is 15.0 Å². The topological polar surface area (TPSA) is 85.2 Å². The fraction of sp³-hybridized carbons (Fsp3) is 0.682. The molecule has 2 N–H and O–H groups in total. The van der Waals surface area contributed by atoms with Crippen LogP contribution in [0, 0.1) is 11.3 Å². The van der Waals surface area contributed by atoms with Gasteiger partial charge < -0.3 is 24.4 Å². The van der Waals surface area contributed by atoms with Gasteiger partial charge in [-0.3, -0.25) is 4.79 Å². The Bertz CT molecular complexity index is 842. The van der Waals surface area contributed by atoms with Gasteiger partial charge in [-0.2, -0.15) is 0 Å². The van der Waals surface area contributed by atoms with Crippen LogP contribution in [-0.4, -0.2) is 36.5 Å². The molecule has 2 fully saturated rings. The van der Waals surface area contributed by atoms with Crippen molar-refractivity contribution in [2.45, 2.75) is 70.5 Å². The minimum Gasteiger partial charge on any atom is -0.504 e. The molecule has 28 heavy (non-hydrogen) atoms. The van der Waals surface area contributed by atoms with Crippen LogP contribution >= 0.6 is 0 Å². The number of ether oxygens (including phenoxy) is 3. The lowest BCUT2D eigenvalue weighted by atomic mass is 9.49. The van der Waals surface area contributed by atoms with E-state index in [1.54, 1.807) is 14.2 Å². The summed E-state index contributed by atoms with van der Waals surface area (Å²) in [5, 5.41) is 22.1. The van der Waals surface area contributed by atoms with E-state index in [-0.39, 0.29) is 34.7 Å². The maximum Gasteiger partial charge on any atom is 0.317 e. The molecule has 2 aliphatic carbocycles. The standard InChI is InChI=1S/C22H30O6/c1-10(2)11-14(23)15(24)13-12(16(11)26-5)17(27-6)18-19-21(3,4)8-7-9-22(13,19)20(25)28-18/h10,17-19,23-24H,7-9H2,1-6H3/t17-,18-,19+,22+/m1/s1. The number of phenols is 2. The summed E-state index contributed by atoms with van der Waals surface area (Å²) in [7, 11) is 3.13. The van der Waals surface area contributed by atoms with Crippen molar-refractivity contribution < 1.29 is 29.2 Å². The molecule has 1 aromatic carbocycles. The molecule has 0 aromatic heterocycles. The molecule has 1 saturated carbocycles. The van der Waals surface area contributed by atoms with Crippen LogP contribution < -0.4 is 4.74 Å². The smallest absolute Gasteiger partial charge is 0.317 e. The van der Waals surface area contributed by atoms with E-state index in [0.717, 1.165) is 12.8 Å². The van der Waals surface area contributed by atoms with Crippen LogP contribution in [-0.2, 0) is 19.7 Å². The van der Waals surface area contributed by atoms with Gasteiger partial charge in [0, 0.05) is 29.7 Å². The first-order valence-electron chi connectivity index (χ1n) is 10.0. The van der Waals surface area contributed by atoms with Crippen molar-refractivity contribution in [1.29, 1.82) is 0 Å². The summed E-state index contributed by atoms with van der Waals surface area (Å²) in [6.07, 6.45) is 1.38. The Hall–Kier alpha value is -1.95. The Morgan fingerprint density at radius 2 is 1.82 bits per heavy atom. The summed E-state index contributed by atoms with van der Waals surface area (Å²) in [6, 6.07) is 0. The van der Waals surface area contributed by atoms with Crippen LogP contribution in [0.4, 0.5) is 0 Å². The van der Waals surface area contributed by atoms with E-state index in [1.165, 1.54) is 0 Å². The number of rotatable bonds is 3. The molecule has 154 valence electrons. The van der Waals surface area contributed by atoms with Crippen molar-refractivity contribution in [1.82, 2.24) is 0 Å². The SMILES string of the molecule is COc1c(C(C)C)c(O)c(O)c2c1[C@@H](OC)[C@H]1OC(=O)[C@@]23CCCC(C)(C)[C@H]13. The first kappa shape index (κ1) is 19.4. The number of phenolic OH excluding ortho intramolecular Hbond substituents is 2. The first-order valence-corrected chi connectivity index (χ1v) is 10.0. The number of benzene rings is 1. The fourth-order valence-corrected chi connectivity index (χ4v) is 6.31. The maximum atomic E-state index is 13.3. The van der Waals surface area contributed by atoms with Crippen molar-refractivity contribution in [3.05, 3.63) is 16.7 Å². The van der Waals surface area contributed by atoms with Crippen molar-refractivity contribution in [3.8, 4) is 17.2 Å². The van der Waals surface area contributed by atoms with E-state index in [2.05, 4.69) is 13.8 Å². The average Bonchev–Trinajstić information content (AvgIpc) is 2.87. The van der Waals surface area contributed by atoms with Gasteiger partial charge in [0.05, 0.1) is 7.11 Å². The molecule has 3 aliphatic rings. The second-order valence-corrected chi connectivity index (χ2v) is 9.40. The molecule has 6 nitrogen and oxygen atoms in total. The van der Waals surface area contributed by atoms with E-state index >= 15 is 0 Å². The number of hydrogen-bond donors (Lipinski definition) is 2. The lowest BCUT2D eigenvalue weighted by Crippen LogP contribution is -2.54. The second-order valence-electron chi connectivity index (χ2n) is 9.40. The Morgan fingerprint density at radius 1 is 1.14 bits per heavy atom. The Kier molecular flexibility index (Phi) is 4.17. The van der Waals surface area contributed by atoms with Gasteiger partial charge >= 0.3 is 5.97 Å². The van der Waals surface area contributed by atoms with Crippen LogP contribution in [0.5, 0.6) is 17.2 Å². The van der Waals surface area contributed by atoms with E-state index in [0.29, 0.717) is 28.9 Å². The largest absolute Gasteiger partial charge is 0.504 e. The van der Waals surface area contributed by atoms with Gasteiger partial charge in [-0.15, -0.1) is 0 Å². The number of hydrogen-bond acceptors (Lipinski definition) is 6. The summed E-state index contributed by atoms with van der Waals surface area (Å²) in [5.41, 5.74) is 0.456. The maximum absolute atomic E-state index is 13.3. The van der Waals surface area contributed by atoms with Crippen molar-refractivity contribution in [2.75, 3.05) is 14.2 Å². The summed E-state index contributed by atoms with van der Waals surface area (Å²) in [5.74, 6) is -0.520. The van der Waals surface area contributed by atoms with Gasteiger partial charge in [-0.1, -0.05) is 34.1 Å². The number of carbonyl (C=O) groups excluding carboxylic acids is 1. The minimum absolute atomic E-state index is 0.0871. The Balaban J connectivity index is 2.15. The predicted molar refractivity (Wildman–Crippen MR) is 103 cm³/mol.